The van der Waals surface area contributed by atoms with Crippen molar-refractivity contribution < 1.29 is 13.2 Å². The number of nitrogens with one attached hydrogen (secondary N) is 2. The maximum Gasteiger partial charge on any atom is 0.243 e. The van der Waals surface area contributed by atoms with Crippen LogP contribution in [0.1, 0.15) is 19.4 Å². The van der Waals surface area contributed by atoms with Gasteiger partial charge in [-0.3, -0.25) is 4.79 Å². The molecular formula is C14H23N3O3S. The Morgan fingerprint density at radius 2 is 1.71 bits per heavy atom. The highest BCUT2D eigenvalue weighted by atomic mass is 32.2. The Labute approximate surface area is 126 Å². The van der Waals surface area contributed by atoms with Gasteiger partial charge in [0.25, 0.3) is 0 Å². The molecule has 0 aliphatic rings. The molecule has 0 radical (unpaired) electrons. The van der Waals surface area contributed by atoms with Crippen LogP contribution in [0, 0.1) is 0 Å². The predicted molar refractivity (Wildman–Crippen MR) is 82.3 cm³/mol. The van der Waals surface area contributed by atoms with Gasteiger partial charge >= 0.3 is 0 Å². The zero-order valence-electron chi connectivity index (χ0n) is 12.7. The number of rotatable bonds is 8. The van der Waals surface area contributed by atoms with Crippen LogP contribution in [0.3, 0.4) is 0 Å². The lowest BCUT2D eigenvalue weighted by molar-refractivity contribution is -0.120. The van der Waals surface area contributed by atoms with Crippen molar-refractivity contribution in [1.82, 2.24) is 14.9 Å². The highest BCUT2D eigenvalue weighted by Gasteiger charge is 2.21. The third kappa shape index (κ3) is 4.80. The van der Waals surface area contributed by atoms with E-state index in [1.807, 2.05) is 13.8 Å². The molecule has 0 aromatic heterocycles. The maximum atomic E-state index is 12.3. The van der Waals surface area contributed by atoms with Gasteiger partial charge in [0.1, 0.15) is 0 Å². The lowest BCUT2D eigenvalue weighted by atomic mass is 10.2. The summed E-state index contributed by atoms with van der Waals surface area (Å²) in [6, 6.07) is 6.59. The molecule has 0 saturated carbocycles. The van der Waals surface area contributed by atoms with Crippen molar-refractivity contribution in [2.45, 2.75) is 25.3 Å². The molecule has 0 bridgehead atoms. The van der Waals surface area contributed by atoms with Crippen LogP contribution in [0.5, 0.6) is 0 Å². The topological polar surface area (TPSA) is 78.5 Å². The predicted octanol–water partition coefficient (Wildman–Crippen LogP) is 0.553. The van der Waals surface area contributed by atoms with E-state index in [9.17, 15) is 13.2 Å². The van der Waals surface area contributed by atoms with Gasteiger partial charge in [0, 0.05) is 19.6 Å². The number of sulfonamides is 1. The van der Waals surface area contributed by atoms with Crippen molar-refractivity contribution in [3.05, 3.63) is 29.8 Å². The van der Waals surface area contributed by atoms with Crippen molar-refractivity contribution in [3.8, 4) is 0 Å². The quantitative estimate of drug-likeness (QED) is 0.735. The van der Waals surface area contributed by atoms with E-state index in [2.05, 4.69) is 10.6 Å². The highest BCUT2D eigenvalue weighted by molar-refractivity contribution is 7.89. The van der Waals surface area contributed by atoms with Gasteiger partial charge in [-0.25, -0.2) is 8.42 Å². The first kappa shape index (κ1) is 17.6. The molecule has 118 valence electrons. The van der Waals surface area contributed by atoms with Gasteiger partial charge in [0.15, 0.2) is 0 Å². The molecule has 0 atom stereocenters. The van der Waals surface area contributed by atoms with E-state index < -0.39 is 10.0 Å². The van der Waals surface area contributed by atoms with Crippen molar-refractivity contribution in [3.63, 3.8) is 0 Å². The van der Waals surface area contributed by atoms with Crippen molar-refractivity contribution in [2.75, 3.05) is 26.7 Å². The molecule has 0 aliphatic heterocycles. The molecule has 1 amide bonds. The Hall–Kier alpha value is -1.44. The molecule has 2 N–H and O–H groups in total. The summed E-state index contributed by atoms with van der Waals surface area (Å²) in [5.74, 6) is -0.0997. The molecule has 0 heterocycles. The molecule has 21 heavy (non-hydrogen) atoms. The van der Waals surface area contributed by atoms with E-state index in [-0.39, 0.29) is 17.3 Å². The molecule has 1 rings (SSSR count). The largest absolute Gasteiger partial charge is 0.351 e. The number of carbonyl (C=O) groups excluding carboxylic acids is 1. The second-order valence-electron chi connectivity index (χ2n) is 4.54. The fraction of sp³-hybridized carbons (Fsp3) is 0.500. The van der Waals surface area contributed by atoms with E-state index in [0.717, 1.165) is 5.56 Å². The van der Waals surface area contributed by atoms with E-state index >= 15 is 0 Å². The summed E-state index contributed by atoms with van der Waals surface area (Å²) in [5, 5.41) is 5.50. The summed E-state index contributed by atoms with van der Waals surface area (Å²) >= 11 is 0. The summed E-state index contributed by atoms with van der Waals surface area (Å²) in [6.07, 6.45) is 0. The second-order valence-corrected chi connectivity index (χ2v) is 6.48. The number of hydrogen-bond acceptors (Lipinski definition) is 4. The molecule has 1 aromatic rings. The van der Waals surface area contributed by atoms with Crippen molar-refractivity contribution in [1.29, 1.82) is 0 Å². The third-order valence-corrected chi connectivity index (χ3v) is 5.16. The van der Waals surface area contributed by atoms with Crippen LogP contribution >= 0.6 is 0 Å². The standard InChI is InChI=1S/C14H23N3O3S/c1-4-17(5-2)21(19,20)13-8-6-12(7-9-13)10-16-14(18)11-15-3/h6-9,15H,4-5,10-11H2,1-3H3,(H,16,18). The molecular weight excluding hydrogens is 290 g/mol. The van der Waals surface area contributed by atoms with Crippen LogP contribution in [-0.2, 0) is 21.4 Å². The molecule has 6 nitrogen and oxygen atoms in total. The molecule has 1 aromatic carbocycles. The highest BCUT2D eigenvalue weighted by Crippen LogP contribution is 2.16. The van der Waals surface area contributed by atoms with E-state index in [4.69, 9.17) is 0 Å². The average molecular weight is 313 g/mol. The first-order valence-corrected chi connectivity index (χ1v) is 8.40. The molecule has 0 fully saturated rings. The number of hydrogen-bond donors (Lipinski definition) is 2. The van der Waals surface area contributed by atoms with Crippen LogP contribution in [-0.4, -0.2) is 45.3 Å². The lowest BCUT2D eigenvalue weighted by Crippen LogP contribution is -2.32. The summed E-state index contributed by atoms with van der Waals surface area (Å²) in [7, 11) is -1.72. The molecule has 0 spiro atoms. The van der Waals surface area contributed by atoms with Gasteiger partial charge in [0.05, 0.1) is 11.4 Å². The van der Waals surface area contributed by atoms with Gasteiger partial charge in [-0.2, -0.15) is 4.31 Å². The van der Waals surface area contributed by atoms with Gasteiger partial charge in [-0.15, -0.1) is 0 Å². The van der Waals surface area contributed by atoms with Crippen LogP contribution in [0.25, 0.3) is 0 Å². The van der Waals surface area contributed by atoms with E-state index in [1.165, 1.54) is 4.31 Å². The normalized spacial score (nSPS) is 11.6. The molecule has 7 heteroatoms. The summed E-state index contributed by atoms with van der Waals surface area (Å²) in [5.41, 5.74) is 0.859. The number of nitrogens with zero attached hydrogens (tertiary/aromatic N) is 1. The Morgan fingerprint density at radius 1 is 1.14 bits per heavy atom. The Balaban J connectivity index is 2.76. The molecule has 0 saturated heterocycles. The summed E-state index contributed by atoms with van der Waals surface area (Å²) in [6.45, 7) is 5.15. The SMILES string of the molecule is CCN(CC)S(=O)(=O)c1ccc(CNC(=O)CNC)cc1. The zero-order valence-corrected chi connectivity index (χ0v) is 13.5. The first-order chi connectivity index (χ1) is 9.95. The molecule has 0 aliphatic carbocycles. The van der Waals surface area contributed by atoms with Crippen LogP contribution < -0.4 is 10.6 Å². The minimum absolute atomic E-state index is 0.0997. The smallest absolute Gasteiger partial charge is 0.243 e. The van der Waals surface area contributed by atoms with Crippen molar-refractivity contribution >= 4 is 15.9 Å². The second kappa shape index (κ2) is 8.11. The van der Waals surface area contributed by atoms with Gasteiger partial charge in [-0.05, 0) is 24.7 Å². The summed E-state index contributed by atoms with van der Waals surface area (Å²) in [4.78, 5) is 11.6. The van der Waals surface area contributed by atoms with Crippen LogP contribution in [0.15, 0.2) is 29.2 Å². The number of carbonyl (C=O) groups is 1. The summed E-state index contributed by atoms with van der Waals surface area (Å²) < 4.78 is 26.0. The number of likely N-dealkylation sites (N-methyl/N-ethyl adjacent to an activating group) is 1. The van der Waals surface area contributed by atoms with E-state index in [1.54, 1.807) is 31.3 Å². The number of amides is 1. The van der Waals surface area contributed by atoms with Gasteiger partial charge < -0.3 is 10.6 Å². The Kier molecular flexibility index (Phi) is 6.80. The lowest BCUT2D eigenvalue weighted by Gasteiger charge is -2.18. The van der Waals surface area contributed by atoms with E-state index in [0.29, 0.717) is 19.6 Å². The van der Waals surface area contributed by atoms with Gasteiger partial charge in [0.2, 0.25) is 15.9 Å². The Morgan fingerprint density at radius 3 is 2.19 bits per heavy atom. The molecule has 0 unspecified atom stereocenters. The minimum atomic E-state index is -3.42. The van der Waals surface area contributed by atoms with Crippen LogP contribution in [0.2, 0.25) is 0 Å². The van der Waals surface area contributed by atoms with Crippen molar-refractivity contribution in [2.24, 2.45) is 0 Å². The van der Waals surface area contributed by atoms with Gasteiger partial charge in [-0.1, -0.05) is 26.0 Å². The maximum absolute atomic E-state index is 12.3. The van der Waals surface area contributed by atoms with Crippen LogP contribution in [0.4, 0.5) is 0 Å². The first-order valence-electron chi connectivity index (χ1n) is 6.96. The Bertz CT molecular complexity index is 551. The zero-order chi connectivity index (χ0) is 15.9. The average Bonchev–Trinajstić information content (AvgIpc) is 2.47. The fourth-order valence-corrected chi connectivity index (χ4v) is 3.37. The number of benzene rings is 1. The monoisotopic (exact) mass is 313 g/mol. The third-order valence-electron chi connectivity index (χ3n) is 3.09. The fourth-order valence-electron chi connectivity index (χ4n) is 1.92. The minimum Gasteiger partial charge on any atom is -0.351 e.